The number of halogens is 2. The first-order chi connectivity index (χ1) is 10.9. The number of ether oxygens (including phenoxy) is 1. The van der Waals surface area contributed by atoms with Gasteiger partial charge in [-0.2, -0.15) is 8.78 Å². The third-order valence-electron chi connectivity index (χ3n) is 3.82. The molecule has 0 bridgehead atoms. The van der Waals surface area contributed by atoms with E-state index in [0.29, 0.717) is 31.4 Å². The van der Waals surface area contributed by atoms with E-state index < -0.39 is 28.9 Å². The van der Waals surface area contributed by atoms with Crippen molar-refractivity contribution in [2.45, 2.75) is 38.3 Å². The fraction of sp³-hybridized carbons (Fsp3) is 0.500. The molecular formula is C14H16F2N2O5. The molecule has 0 spiro atoms. The highest BCUT2D eigenvalue weighted by Crippen LogP contribution is 2.33. The lowest BCUT2D eigenvalue weighted by Crippen LogP contribution is -2.29. The molecule has 1 fully saturated rings. The molecule has 1 saturated carbocycles. The summed E-state index contributed by atoms with van der Waals surface area (Å²) in [4.78, 5) is 20.9. The largest absolute Gasteiger partial charge is 0.481 e. The van der Waals surface area contributed by atoms with Gasteiger partial charge in [0.1, 0.15) is 0 Å². The Kier molecular flexibility index (Phi) is 5.30. The molecule has 0 heterocycles. The number of alkyl halides is 2. The van der Waals surface area contributed by atoms with Gasteiger partial charge in [0.2, 0.25) is 5.75 Å². The summed E-state index contributed by atoms with van der Waals surface area (Å²) < 4.78 is 28.9. The molecule has 0 radical (unpaired) electrons. The Bertz CT molecular complexity index is 589. The van der Waals surface area contributed by atoms with Gasteiger partial charge >= 0.3 is 18.3 Å². The average molecular weight is 330 g/mol. The number of rotatable bonds is 6. The highest BCUT2D eigenvalue weighted by molar-refractivity contribution is 5.70. The van der Waals surface area contributed by atoms with E-state index in [4.69, 9.17) is 5.11 Å². The highest BCUT2D eigenvalue weighted by Gasteiger charge is 2.26. The van der Waals surface area contributed by atoms with Gasteiger partial charge in [0, 0.05) is 23.9 Å². The second kappa shape index (κ2) is 7.21. The Morgan fingerprint density at radius 2 is 2.00 bits per heavy atom. The van der Waals surface area contributed by atoms with Crippen molar-refractivity contribution in [1.82, 2.24) is 0 Å². The number of benzene rings is 1. The summed E-state index contributed by atoms with van der Waals surface area (Å²) in [7, 11) is 0. The normalized spacial score (nSPS) is 21.0. The molecule has 23 heavy (non-hydrogen) atoms. The van der Waals surface area contributed by atoms with E-state index in [-0.39, 0.29) is 12.0 Å². The smallest absolute Gasteiger partial charge is 0.387 e. The van der Waals surface area contributed by atoms with Crippen LogP contribution >= 0.6 is 0 Å². The van der Waals surface area contributed by atoms with Crippen molar-refractivity contribution in [3.05, 3.63) is 28.3 Å². The van der Waals surface area contributed by atoms with Gasteiger partial charge in [0.05, 0.1) is 10.8 Å². The van der Waals surface area contributed by atoms with Gasteiger partial charge in [-0.15, -0.1) is 0 Å². The van der Waals surface area contributed by atoms with Crippen molar-refractivity contribution < 1.29 is 28.3 Å². The number of carboxylic acids is 1. The molecule has 0 atom stereocenters. The van der Waals surface area contributed by atoms with Crippen LogP contribution in [0.4, 0.5) is 20.2 Å². The maximum Gasteiger partial charge on any atom is 0.387 e. The Hall–Kier alpha value is -2.45. The van der Waals surface area contributed by atoms with Crippen LogP contribution in [0.15, 0.2) is 18.2 Å². The third kappa shape index (κ3) is 4.51. The second-order valence-corrected chi connectivity index (χ2v) is 5.35. The number of nitrogens with zero attached hydrogens (tertiary/aromatic N) is 1. The number of nitro benzene ring substituents is 1. The van der Waals surface area contributed by atoms with Crippen LogP contribution in [0.3, 0.4) is 0 Å². The van der Waals surface area contributed by atoms with E-state index in [1.54, 1.807) is 0 Å². The Morgan fingerprint density at radius 1 is 1.35 bits per heavy atom. The zero-order chi connectivity index (χ0) is 17.0. The molecular weight excluding hydrogens is 314 g/mol. The Labute approximate surface area is 130 Å². The summed E-state index contributed by atoms with van der Waals surface area (Å²) in [6.07, 6.45) is 2.30. The fourth-order valence-electron chi connectivity index (χ4n) is 2.67. The van der Waals surface area contributed by atoms with Crippen molar-refractivity contribution in [2.24, 2.45) is 5.92 Å². The zero-order valence-corrected chi connectivity index (χ0v) is 12.1. The average Bonchev–Trinajstić information content (AvgIpc) is 2.47. The lowest BCUT2D eigenvalue weighted by molar-refractivity contribution is -0.386. The van der Waals surface area contributed by atoms with Crippen molar-refractivity contribution in [2.75, 3.05) is 5.32 Å². The molecule has 0 aromatic heterocycles. The molecule has 7 nitrogen and oxygen atoms in total. The number of nitrogens with one attached hydrogen (secondary N) is 1. The first-order valence-electron chi connectivity index (χ1n) is 7.09. The number of aliphatic carboxylic acids is 1. The van der Waals surface area contributed by atoms with Crippen molar-refractivity contribution in [3.8, 4) is 5.75 Å². The maximum absolute atomic E-state index is 12.4. The third-order valence-corrected chi connectivity index (χ3v) is 3.82. The van der Waals surface area contributed by atoms with Gasteiger partial charge in [0.25, 0.3) is 0 Å². The van der Waals surface area contributed by atoms with E-state index in [9.17, 15) is 23.7 Å². The molecule has 2 N–H and O–H groups in total. The SMILES string of the molecule is O=C(O)C1CCC(Nc2ccc([N+](=O)[O-])c(OC(F)F)c2)CC1. The van der Waals surface area contributed by atoms with E-state index in [1.165, 1.54) is 6.07 Å². The molecule has 126 valence electrons. The molecule has 0 amide bonds. The van der Waals surface area contributed by atoms with Crippen LogP contribution < -0.4 is 10.1 Å². The van der Waals surface area contributed by atoms with Gasteiger partial charge in [-0.05, 0) is 31.7 Å². The first kappa shape index (κ1) is 16.9. The highest BCUT2D eigenvalue weighted by atomic mass is 19.3. The number of anilines is 1. The van der Waals surface area contributed by atoms with E-state index >= 15 is 0 Å². The molecule has 9 heteroatoms. The van der Waals surface area contributed by atoms with Gasteiger partial charge < -0.3 is 15.2 Å². The predicted octanol–water partition coefficient (Wildman–Crippen LogP) is 3.25. The van der Waals surface area contributed by atoms with Crippen LogP contribution in [-0.4, -0.2) is 28.7 Å². The Morgan fingerprint density at radius 3 is 2.52 bits per heavy atom. The zero-order valence-electron chi connectivity index (χ0n) is 12.1. The summed E-state index contributed by atoms with van der Waals surface area (Å²) in [6.45, 7) is -3.16. The summed E-state index contributed by atoms with van der Waals surface area (Å²) in [5.74, 6) is -1.68. The molecule has 1 aliphatic rings. The van der Waals surface area contributed by atoms with Gasteiger partial charge in [-0.25, -0.2) is 0 Å². The van der Waals surface area contributed by atoms with Gasteiger partial charge in [-0.3, -0.25) is 14.9 Å². The fourth-order valence-corrected chi connectivity index (χ4v) is 2.67. The topological polar surface area (TPSA) is 102 Å². The minimum atomic E-state index is -3.16. The summed E-state index contributed by atoms with van der Waals surface area (Å²) in [5.41, 5.74) is -0.115. The van der Waals surface area contributed by atoms with Crippen LogP contribution in [0, 0.1) is 16.0 Å². The van der Waals surface area contributed by atoms with Crippen LogP contribution in [-0.2, 0) is 4.79 Å². The van der Waals surface area contributed by atoms with Crippen LogP contribution in [0.25, 0.3) is 0 Å². The van der Waals surface area contributed by atoms with E-state index in [0.717, 1.165) is 12.1 Å². The van der Waals surface area contributed by atoms with Gasteiger partial charge in [0.15, 0.2) is 0 Å². The summed E-state index contributed by atoms with van der Waals surface area (Å²) >= 11 is 0. The maximum atomic E-state index is 12.4. The first-order valence-corrected chi connectivity index (χ1v) is 7.09. The van der Waals surface area contributed by atoms with Crippen LogP contribution in [0.5, 0.6) is 5.75 Å². The van der Waals surface area contributed by atoms with E-state index in [1.807, 2.05) is 0 Å². The lowest BCUT2D eigenvalue weighted by atomic mass is 9.86. The van der Waals surface area contributed by atoms with Crippen molar-refractivity contribution >= 4 is 17.3 Å². The minimum absolute atomic E-state index is 0.00791. The number of hydrogen-bond donors (Lipinski definition) is 2. The summed E-state index contributed by atoms with van der Waals surface area (Å²) in [6, 6.07) is 3.67. The van der Waals surface area contributed by atoms with Crippen molar-refractivity contribution in [3.63, 3.8) is 0 Å². The van der Waals surface area contributed by atoms with Gasteiger partial charge in [-0.1, -0.05) is 0 Å². The van der Waals surface area contributed by atoms with Crippen molar-refractivity contribution in [1.29, 1.82) is 0 Å². The number of hydrogen-bond acceptors (Lipinski definition) is 5. The number of carbonyl (C=O) groups is 1. The number of carboxylic acid groups (broad SMARTS) is 1. The minimum Gasteiger partial charge on any atom is -0.481 e. The lowest BCUT2D eigenvalue weighted by Gasteiger charge is -2.27. The molecule has 0 unspecified atom stereocenters. The molecule has 2 rings (SSSR count). The molecule has 1 aromatic carbocycles. The van der Waals surface area contributed by atoms with E-state index in [2.05, 4.69) is 10.1 Å². The monoisotopic (exact) mass is 330 g/mol. The molecule has 1 aliphatic carbocycles. The molecule has 1 aromatic rings. The molecule has 0 saturated heterocycles. The number of nitro groups is 1. The predicted molar refractivity (Wildman–Crippen MR) is 76.7 cm³/mol. The quantitative estimate of drug-likeness (QED) is 0.613. The molecule has 0 aliphatic heterocycles. The Balaban J connectivity index is 2.06. The van der Waals surface area contributed by atoms with Crippen LogP contribution in [0.1, 0.15) is 25.7 Å². The summed E-state index contributed by atoms with van der Waals surface area (Å²) in [5, 5.41) is 22.8. The second-order valence-electron chi connectivity index (χ2n) is 5.35. The standard InChI is InChI=1S/C14H16F2N2O5/c15-14(16)23-12-7-10(5-6-11(12)18(21)22)17-9-3-1-8(2-4-9)13(19)20/h5-9,14,17H,1-4H2,(H,19,20). The van der Waals surface area contributed by atoms with Crippen LogP contribution in [0.2, 0.25) is 0 Å².